The summed E-state index contributed by atoms with van der Waals surface area (Å²) in [4.78, 5) is 0. The van der Waals surface area contributed by atoms with E-state index in [2.05, 4.69) is 18.6 Å². The second-order valence-electron chi connectivity index (χ2n) is 9.77. The first-order valence-electron chi connectivity index (χ1n) is 12.2. The number of benzene rings is 2. The van der Waals surface area contributed by atoms with E-state index in [9.17, 15) is 30.7 Å². The topological polar surface area (TPSA) is 9.23 Å². The van der Waals surface area contributed by atoms with Crippen LogP contribution in [0.1, 0.15) is 70.8 Å². The quantitative estimate of drug-likeness (QED) is 0.309. The van der Waals surface area contributed by atoms with Crippen LogP contribution in [-0.4, -0.2) is 6.36 Å². The monoisotopic (exact) mass is 504 g/mol. The standard InChI is InChI=1S/C27H31F7O/c1-3-16(2)4-5-17-6-8-18(9-7-17)10-11-19-12-21(28)25(22(29)13-19)20-14-23(30)26(24(31)15-20)35-27(32,33)34/h12-18H,3-11H2,1-2H3. The van der Waals surface area contributed by atoms with Crippen molar-refractivity contribution in [1.82, 2.24) is 0 Å². The van der Waals surface area contributed by atoms with Crippen LogP contribution in [0, 0.1) is 41.0 Å². The molecular formula is C27H31F7O. The zero-order valence-electron chi connectivity index (χ0n) is 20.0. The molecule has 0 bridgehead atoms. The molecule has 0 radical (unpaired) electrons. The Labute approximate surface area is 201 Å². The molecule has 1 unspecified atom stereocenters. The molecule has 0 heterocycles. The maximum absolute atomic E-state index is 14.7. The Kier molecular flexibility index (Phi) is 9.11. The van der Waals surface area contributed by atoms with Crippen molar-refractivity contribution < 1.29 is 35.5 Å². The molecule has 35 heavy (non-hydrogen) atoms. The number of hydrogen-bond acceptors (Lipinski definition) is 1. The predicted molar refractivity (Wildman–Crippen MR) is 121 cm³/mol. The van der Waals surface area contributed by atoms with Crippen molar-refractivity contribution in [2.75, 3.05) is 0 Å². The van der Waals surface area contributed by atoms with Crippen molar-refractivity contribution in [3.8, 4) is 16.9 Å². The number of rotatable bonds is 9. The summed E-state index contributed by atoms with van der Waals surface area (Å²) in [6.07, 6.45) is 4.20. The van der Waals surface area contributed by atoms with E-state index in [0.717, 1.165) is 43.2 Å². The maximum atomic E-state index is 14.7. The molecule has 8 heteroatoms. The number of halogens is 7. The molecule has 1 fully saturated rings. The fraction of sp³-hybridized carbons (Fsp3) is 0.556. The van der Waals surface area contributed by atoms with Gasteiger partial charge in [-0.1, -0.05) is 58.8 Å². The van der Waals surface area contributed by atoms with Crippen LogP contribution in [0.4, 0.5) is 30.7 Å². The van der Waals surface area contributed by atoms with Crippen molar-refractivity contribution in [3.63, 3.8) is 0 Å². The Bertz CT molecular complexity index is 947. The SMILES string of the molecule is CCC(C)CCC1CCC(CCc2cc(F)c(-c3cc(F)c(OC(F)(F)F)c(F)c3)c(F)c2)CC1. The lowest BCUT2D eigenvalue weighted by Crippen LogP contribution is -2.19. The van der Waals surface area contributed by atoms with Crippen LogP contribution in [0.15, 0.2) is 24.3 Å². The highest BCUT2D eigenvalue weighted by atomic mass is 19.4. The maximum Gasteiger partial charge on any atom is 0.573 e. The largest absolute Gasteiger partial charge is 0.573 e. The molecular weight excluding hydrogens is 473 g/mol. The van der Waals surface area contributed by atoms with Gasteiger partial charge in [-0.3, -0.25) is 0 Å². The molecule has 1 nitrogen and oxygen atoms in total. The van der Waals surface area contributed by atoms with Crippen LogP contribution < -0.4 is 4.74 Å². The number of ether oxygens (including phenoxy) is 1. The van der Waals surface area contributed by atoms with Crippen LogP contribution >= 0.6 is 0 Å². The summed E-state index contributed by atoms with van der Waals surface area (Å²) in [5.74, 6) is -5.16. The lowest BCUT2D eigenvalue weighted by Gasteiger charge is -2.29. The number of hydrogen-bond donors (Lipinski definition) is 0. The van der Waals surface area contributed by atoms with Gasteiger partial charge in [-0.2, -0.15) is 0 Å². The zero-order chi connectivity index (χ0) is 25.8. The molecule has 194 valence electrons. The second-order valence-corrected chi connectivity index (χ2v) is 9.77. The van der Waals surface area contributed by atoms with E-state index in [1.165, 1.54) is 32.1 Å². The van der Waals surface area contributed by atoms with Crippen molar-refractivity contribution in [2.45, 2.75) is 78.0 Å². The third-order valence-electron chi connectivity index (χ3n) is 7.18. The van der Waals surface area contributed by atoms with Gasteiger partial charge in [0.15, 0.2) is 11.6 Å². The van der Waals surface area contributed by atoms with Gasteiger partial charge in [0.1, 0.15) is 11.6 Å². The lowest BCUT2D eigenvalue weighted by molar-refractivity contribution is -0.276. The van der Waals surface area contributed by atoms with E-state index in [0.29, 0.717) is 30.0 Å². The molecule has 0 amide bonds. The summed E-state index contributed by atoms with van der Waals surface area (Å²) in [5, 5.41) is 0. The van der Waals surface area contributed by atoms with Crippen LogP contribution in [0.5, 0.6) is 5.75 Å². The minimum Gasteiger partial charge on any atom is -0.399 e. The fourth-order valence-corrected chi connectivity index (χ4v) is 4.87. The van der Waals surface area contributed by atoms with Gasteiger partial charge < -0.3 is 4.74 Å². The Balaban J connectivity index is 1.63. The van der Waals surface area contributed by atoms with Crippen LogP contribution in [0.3, 0.4) is 0 Å². The van der Waals surface area contributed by atoms with Gasteiger partial charge in [0.2, 0.25) is 5.75 Å². The van der Waals surface area contributed by atoms with Gasteiger partial charge >= 0.3 is 6.36 Å². The van der Waals surface area contributed by atoms with Crippen molar-refractivity contribution in [1.29, 1.82) is 0 Å². The molecule has 1 saturated carbocycles. The first-order chi connectivity index (χ1) is 16.5. The van der Waals surface area contributed by atoms with E-state index in [1.807, 2.05) is 0 Å². The minimum atomic E-state index is -5.31. The van der Waals surface area contributed by atoms with E-state index >= 15 is 0 Å². The molecule has 1 aliphatic carbocycles. The third kappa shape index (κ3) is 7.61. The predicted octanol–water partition coefficient (Wildman–Crippen LogP) is 9.37. The van der Waals surface area contributed by atoms with Crippen LogP contribution in [-0.2, 0) is 6.42 Å². The highest BCUT2D eigenvalue weighted by molar-refractivity contribution is 5.66. The van der Waals surface area contributed by atoms with Crippen LogP contribution in [0.25, 0.3) is 11.1 Å². The summed E-state index contributed by atoms with van der Waals surface area (Å²) < 4.78 is 97.8. The number of alkyl halides is 3. The van der Waals surface area contributed by atoms with Gasteiger partial charge in [0.05, 0.1) is 5.56 Å². The van der Waals surface area contributed by atoms with E-state index in [-0.39, 0.29) is 0 Å². The Morgan fingerprint density at radius 1 is 0.829 bits per heavy atom. The van der Waals surface area contributed by atoms with E-state index < -0.39 is 46.5 Å². The van der Waals surface area contributed by atoms with Gasteiger partial charge in [-0.25, -0.2) is 17.6 Å². The molecule has 1 aliphatic rings. The third-order valence-corrected chi connectivity index (χ3v) is 7.18. The smallest absolute Gasteiger partial charge is 0.399 e. The molecule has 3 rings (SSSR count). The van der Waals surface area contributed by atoms with Gasteiger partial charge in [-0.15, -0.1) is 13.2 Å². The summed E-state index contributed by atoms with van der Waals surface area (Å²) in [6, 6.07) is 3.08. The van der Waals surface area contributed by atoms with Gasteiger partial charge in [0.25, 0.3) is 0 Å². The molecule has 1 atom stereocenters. The number of aryl methyl sites for hydroxylation is 1. The molecule has 0 spiro atoms. The van der Waals surface area contributed by atoms with E-state index in [4.69, 9.17) is 0 Å². The first-order valence-corrected chi connectivity index (χ1v) is 12.2. The Morgan fingerprint density at radius 2 is 1.34 bits per heavy atom. The summed E-state index contributed by atoms with van der Waals surface area (Å²) in [7, 11) is 0. The van der Waals surface area contributed by atoms with Crippen molar-refractivity contribution >= 4 is 0 Å². The minimum absolute atomic E-state index is 0.422. The molecule has 0 aromatic heterocycles. The molecule has 0 saturated heterocycles. The fourth-order valence-electron chi connectivity index (χ4n) is 4.87. The van der Waals surface area contributed by atoms with Gasteiger partial charge in [-0.05, 0) is 66.0 Å². The molecule has 0 N–H and O–H groups in total. The normalized spacial score (nSPS) is 19.6. The summed E-state index contributed by atoms with van der Waals surface area (Å²) >= 11 is 0. The van der Waals surface area contributed by atoms with Crippen molar-refractivity contribution in [2.24, 2.45) is 17.8 Å². The highest BCUT2D eigenvalue weighted by Crippen LogP contribution is 2.37. The highest BCUT2D eigenvalue weighted by Gasteiger charge is 2.34. The Morgan fingerprint density at radius 3 is 1.83 bits per heavy atom. The summed E-state index contributed by atoms with van der Waals surface area (Å²) in [5.41, 5.74) is -0.820. The Hall–Kier alpha value is -2.25. The first kappa shape index (κ1) is 27.3. The summed E-state index contributed by atoms with van der Waals surface area (Å²) in [6.45, 7) is 4.49. The molecule has 2 aromatic rings. The lowest BCUT2D eigenvalue weighted by atomic mass is 9.77. The zero-order valence-corrected chi connectivity index (χ0v) is 20.0. The van der Waals surface area contributed by atoms with E-state index in [1.54, 1.807) is 0 Å². The molecule has 2 aromatic carbocycles. The average molecular weight is 505 g/mol. The van der Waals surface area contributed by atoms with Crippen LogP contribution in [0.2, 0.25) is 0 Å². The van der Waals surface area contributed by atoms with Gasteiger partial charge in [0, 0.05) is 0 Å². The molecule has 0 aliphatic heterocycles. The average Bonchev–Trinajstić information content (AvgIpc) is 2.78. The van der Waals surface area contributed by atoms with Crippen molar-refractivity contribution in [3.05, 3.63) is 53.1 Å². The second kappa shape index (κ2) is 11.7.